The first-order valence-corrected chi connectivity index (χ1v) is 10.5. The third-order valence-corrected chi connectivity index (χ3v) is 6.53. The van der Waals surface area contributed by atoms with Crippen LogP contribution in [0.15, 0.2) is 41.3 Å². The van der Waals surface area contributed by atoms with Crippen molar-refractivity contribution in [1.29, 1.82) is 5.26 Å². The molecule has 2 N–H and O–H groups in total. The summed E-state index contributed by atoms with van der Waals surface area (Å²) in [6, 6.07) is 12.5. The Morgan fingerprint density at radius 2 is 2.00 bits per heavy atom. The number of ether oxygens (including phenoxy) is 1. The summed E-state index contributed by atoms with van der Waals surface area (Å²) >= 11 is 0. The number of nitrogens with zero attached hydrogens (tertiary/aromatic N) is 3. The van der Waals surface area contributed by atoms with Crippen molar-refractivity contribution >= 4 is 22.4 Å². The summed E-state index contributed by atoms with van der Waals surface area (Å²) in [5, 5.41) is 18.3. The van der Waals surface area contributed by atoms with Gasteiger partial charge in [-0.2, -0.15) is 10.4 Å². The van der Waals surface area contributed by atoms with E-state index in [1.807, 2.05) is 22.9 Å². The van der Waals surface area contributed by atoms with Gasteiger partial charge in [0.25, 0.3) is 5.56 Å². The summed E-state index contributed by atoms with van der Waals surface area (Å²) in [6.45, 7) is 3.68. The molecule has 1 saturated heterocycles. The highest BCUT2D eigenvalue weighted by Gasteiger charge is 2.35. The van der Waals surface area contributed by atoms with E-state index < -0.39 is 0 Å². The maximum atomic E-state index is 12.6. The molecule has 2 atom stereocenters. The van der Waals surface area contributed by atoms with Gasteiger partial charge < -0.3 is 15.0 Å². The van der Waals surface area contributed by atoms with Gasteiger partial charge in [-0.3, -0.25) is 9.48 Å². The van der Waals surface area contributed by atoms with E-state index in [-0.39, 0.29) is 22.9 Å². The number of hydrogen-bond acceptors (Lipinski definition) is 5. The van der Waals surface area contributed by atoms with Gasteiger partial charge in [-0.25, -0.2) is 0 Å². The summed E-state index contributed by atoms with van der Waals surface area (Å²) in [4.78, 5) is 15.4. The fourth-order valence-electron chi connectivity index (χ4n) is 4.66. The molecule has 0 bridgehead atoms. The molecule has 2 aromatic heterocycles. The Kier molecular flexibility index (Phi) is 4.59. The van der Waals surface area contributed by atoms with Gasteiger partial charge >= 0.3 is 0 Å². The first-order valence-electron chi connectivity index (χ1n) is 10.5. The molecule has 5 rings (SSSR count). The van der Waals surface area contributed by atoms with Crippen LogP contribution in [0.25, 0.3) is 10.9 Å². The SMILES string of the molecule is CC1(c2ccc(Nc3nn(C4CCCCC4C#N)c4cc[nH]c(=O)c34)cc2)COC1. The van der Waals surface area contributed by atoms with Crippen LogP contribution < -0.4 is 10.9 Å². The molecule has 2 fully saturated rings. The van der Waals surface area contributed by atoms with E-state index in [2.05, 4.69) is 35.4 Å². The minimum atomic E-state index is -0.179. The molecule has 30 heavy (non-hydrogen) atoms. The number of aromatic amines is 1. The summed E-state index contributed by atoms with van der Waals surface area (Å²) in [7, 11) is 0. The Bertz CT molecular complexity index is 1170. The van der Waals surface area contributed by atoms with Crippen LogP contribution >= 0.6 is 0 Å². The largest absolute Gasteiger partial charge is 0.379 e. The molecule has 2 unspecified atom stereocenters. The quantitative estimate of drug-likeness (QED) is 0.686. The lowest BCUT2D eigenvalue weighted by atomic mass is 9.81. The number of aromatic nitrogens is 3. The second-order valence-corrected chi connectivity index (χ2v) is 8.70. The molecule has 0 spiro atoms. The van der Waals surface area contributed by atoms with E-state index in [1.165, 1.54) is 5.56 Å². The van der Waals surface area contributed by atoms with Crippen molar-refractivity contribution in [3.8, 4) is 6.07 Å². The summed E-state index contributed by atoms with van der Waals surface area (Å²) in [5.41, 5.74) is 2.78. The maximum Gasteiger partial charge on any atom is 0.261 e. The van der Waals surface area contributed by atoms with Crippen molar-refractivity contribution in [3.63, 3.8) is 0 Å². The van der Waals surface area contributed by atoms with E-state index in [0.717, 1.165) is 50.1 Å². The van der Waals surface area contributed by atoms with Crippen LogP contribution in [0.1, 0.15) is 44.2 Å². The first-order chi connectivity index (χ1) is 14.6. The third kappa shape index (κ3) is 3.08. The Morgan fingerprint density at radius 1 is 1.23 bits per heavy atom. The minimum absolute atomic E-state index is 0.00968. The first kappa shape index (κ1) is 18.9. The molecule has 7 heteroatoms. The number of pyridine rings is 1. The van der Waals surface area contributed by atoms with E-state index >= 15 is 0 Å². The van der Waals surface area contributed by atoms with Crippen LogP contribution in [-0.2, 0) is 10.2 Å². The molecule has 7 nitrogen and oxygen atoms in total. The van der Waals surface area contributed by atoms with E-state index in [9.17, 15) is 10.1 Å². The summed E-state index contributed by atoms with van der Waals surface area (Å²) in [5.74, 6) is 0.443. The number of fused-ring (bicyclic) bond motifs is 1. The molecule has 1 saturated carbocycles. The fourth-order valence-corrected chi connectivity index (χ4v) is 4.66. The molecule has 2 aliphatic rings. The lowest BCUT2D eigenvalue weighted by Crippen LogP contribution is -2.43. The van der Waals surface area contributed by atoms with Crippen LogP contribution in [0, 0.1) is 17.2 Å². The standard InChI is InChI=1S/C23H25N5O2/c1-23(13-30-14-23)16-6-8-17(9-7-16)26-21-20-19(10-11-25-22(20)29)28(27-21)18-5-3-2-4-15(18)12-24/h6-11,15,18H,2-5,13-14H2,1H3,(H,25,29)(H,26,27). The van der Waals surface area contributed by atoms with Gasteiger partial charge in [0, 0.05) is 17.3 Å². The Labute approximate surface area is 174 Å². The van der Waals surface area contributed by atoms with Gasteiger partial charge in [0.2, 0.25) is 0 Å². The summed E-state index contributed by atoms with van der Waals surface area (Å²) in [6.07, 6.45) is 5.55. The maximum absolute atomic E-state index is 12.6. The molecule has 1 aliphatic heterocycles. The number of nitrogens with one attached hydrogen (secondary N) is 2. The molecule has 1 aliphatic carbocycles. The molecule has 3 aromatic rings. The van der Waals surface area contributed by atoms with Gasteiger partial charge in [0.1, 0.15) is 5.39 Å². The molecule has 0 radical (unpaired) electrons. The monoisotopic (exact) mass is 403 g/mol. The Hall–Kier alpha value is -3.11. The lowest BCUT2D eigenvalue weighted by molar-refractivity contribution is -0.0499. The van der Waals surface area contributed by atoms with Crippen molar-refractivity contribution in [1.82, 2.24) is 14.8 Å². The van der Waals surface area contributed by atoms with Crippen molar-refractivity contribution in [2.24, 2.45) is 5.92 Å². The van der Waals surface area contributed by atoms with Crippen molar-refractivity contribution in [3.05, 3.63) is 52.4 Å². The number of anilines is 2. The fraction of sp³-hybridized carbons (Fsp3) is 0.435. The molecular weight excluding hydrogens is 378 g/mol. The van der Waals surface area contributed by atoms with Crippen molar-refractivity contribution in [2.45, 2.75) is 44.1 Å². The number of benzene rings is 1. The highest BCUT2D eigenvalue weighted by Crippen LogP contribution is 2.37. The van der Waals surface area contributed by atoms with Crippen LogP contribution in [-0.4, -0.2) is 28.0 Å². The topological polar surface area (TPSA) is 95.7 Å². The average molecular weight is 403 g/mol. The molecule has 154 valence electrons. The van der Waals surface area contributed by atoms with E-state index in [1.54, 1.807) is 6.20 Å². The van der Waals surface area contributed by atoms with E-state index in [4.69, 9.17) is 9.84 Å². The van der Waals surface area contributed by atoms with Gasteiger partial charge in [-0.05, 0) is 36.6 Å². The third-order valence-electron chi connectivity index (χ3n) is 6.53. The molecule has 3 heterocycles. The summed E-state index contributed by atoms with van der Waals surface area (Å²) < 4.78 is 7.26. The van der Waals surface area contributed by atoms with Crippen molar-refractivity contribution in [2.75, 3.05) is 18.5 Å². The molecule has 1 aromatic carbocycles. The van der Waals surface area contributed by atoms with E-state index in [0.29, 0.717) is 11.2 Å². The highest BCUT2D eigenvalue weighted by molar-refractivity contribution is 5.91. The molecular formula is C23H25N5O2. The van der Waals surface area contributed by atoms with Gasteiger partial charge in [0.05, 0.1) is 36.8 Å². The zero-order valence-electron chi connectivity index (χ0n) is 17.0. The van der Waals surface area contributed by atoms with Crippen LogP contribution in [0.4, 0.5) is 11.5 Å². The zero-order valence-corrected chi connectivity index (χ0v) is 17.0. The second-order valence-electron chi connectivity index (χ2n) is 8.70. The predicted molar refractivity (Wildman–Crippen MR) is 115 cm³/mol. The number of hydrogen-bond donors (Lipinski definition) is 2. The number of H-pyrrole nitrogens is 1. The van der Waals surface area contributed by atoms with Gasteiger partial charge in [-0.1, -0.05) is 31.9 Å². The Balaban J connectivity index is 1.52. The normalized spacial score (nSPS) is 22.9. The van der Waals surface area contributed by atoms with Gasteiger partial charge in [-0.15, -0.1) is 0 Å². The van der Waals surface area contributed by atoms with Crippen LogP contribution in [0.5, 0.6) is 0 Å². The number of nitriles is 1. The van der Waals surface area contributed by atoms with Crippen molar-refractivity contribution < 1.29 is 4.74 Å². The highest BCUT2D eigenvalue weighted by atomic mass is 16.5. The average Bonchev–Trinajstić information content (AvgIpc) is 3.12. The molecule has 0 amide bonds. The predicted octanol–water partition coefficient (Wildman–Crippen LogP) is 4.01. The second kappa shape index (κ2) is 7.29. The van der Waals surface area contributed by atoms with Gasteiger partial charge in [0.15, 0.2) is 5.82 Å². The number of rotatable bonds is 4. The van der Waals surface area contributed by atoms with Crippen LogP contribution in [0.2, 0.25) is 0 Å². The minimum Gasteiger partial charge on any atom is -0.379 e. The zero-order chi connectivity index (χ0) is 20.7. The Morgan fingerprint density at radius 3 is 2.70 bits per heavy atom. The lowest BCUT2D eigenvalue weighted by Gasteiger charge is -2.38. The van der Waals surface area contributed by atoms with Crippen LogP contribution in [0.3, 0.4) is 0 Å². The smallest absolute Gasteiger partial charge is 0.261 e.